The Morgan fingerprint density at radius 2 is 1.80 bits per heavy atom. The first-order valence-corrected chi connectivity index (χ1v) is 6.78. The summed E-state index contributed by atoms with van der Waals surface area (Å²) < 4.78 is 0. The number of carbonyl (C=O) groups excluding carboxylic acids is 2. The van der Waals surface area contributed by atoms with Crippen LogP contribution in [0.2, 0.25) is 5.15 Å². The fourth-order valence-electron chi connectivity index (χ4n) is 1.53. The maximum atomic E-state index is 12.0. The minimum atomic E-state index is -0.231. The Kier molecular flexibility index (Phi) is 5.51. The van der Waals surface area contributed by atoms with Gasteiger partial charge in [-0.2, -0.15) is 0 Å². The third-order valence-corrected chi connectivity index (χ3v) is 2.80. The van der Waals surface area contributed by atoms with Crippen molar-refractivity contribution in [3.63, 3.8) is 0 Å². The number of pyridine rings is 1. The average Bonchev–Trinajstić information content (AvgIpc) is 2.32. The molecule has 0 aliphatic heterocycles. The van der Waals surface area contributed by atoms with Gasteiger partial charge in [-0.1, -0.05) is 32.4 Å². The van der Waals surface area contributed by atoms with E-state index in [-0.39, 0.29) is 17.2 Å². The molecule has 0 aromatic carbocycles. The molecule has 110 valence electrons. The first kappa shape index (κ1) is 16.4. The fraction of sp³-hybridized carbons (Fsp3) is 0.500. The number of carbonyl (C=O) groups is 2. The summed E-state index contributed by atoms with van der Waals surface area (Å²) in [4.78, 5) is 27.0. The molecule has 0 atom stereocenters. The van der Waals surface area contributed by atoms with Crippen LogP contribution in [0.5, 0.6) is 0 Å². The van der Waals surface area contributed by atoms with Crippen molar-refractivity contribution in [2.75, 3.05) is 13.1 Å². The number of nitrogens with one attached hydrogen (secondary N) is 2. The molecule has 0 unspecified atom stereocenters. The van der Waals surface area contributed by atoms with Crippen LogP contribution in [-0.2, 0) is 10.2 Å². The molecule has 0 saturated carbocycles. The summed E-state index contributed by atoms with van der Waals surface area (Å²) in [5.41, 5.74) is 1.05. The van der Waals surface area contributed by atoms with Crippen LogP contribution in [0.15, 0.2) is 12.1 Å². The summed E-state index contributed by atoms with van der Waals surface area (Å²) >= 11 is 5.95. The highest BCUT2D eigenvalue weighted by Crippen LogP contribution is 2.23. The van der Waals surface area contributed by atoms with E-state index in [2.05, 4.69) is 15.6 Å². The smallest absolute Gasteiger partial charge is 0.251 e. The molecule has 1 heterocycles. The van der Waals surface area contributed by atoms with Crippen molar-refractivity contribution in [2.45, 2.75) is 33.1 Å². The van der Waals surface area contributed by atoms with E-state index in [4.69, 9.17) is 11.6 Å². The van der Waals surface area contributed by atoms with Gasteiger partial charge >= 0.3 is 0 Å². The van der Waals surface area contributed by atoms with E-state index in [0.29, 0.717) is 23.8 Å². The highest BCUT2D eigenvalue weighted by atomic mass is 35.5. The van der Waals surface area contributed by atoms with Gasteiger partial charge in [-0.05, 0) is 12.1 Å². The van der Waals surface area contributed by atoms with Gasteiger partial charge in [0, 0.05) is 36.7 Å². The third-order valence-electron chi connectivity index (χ3n) is 2.61. The Labute approximate surface area is 124 Å². The number of hydrogen-bond donors (Lipinski definition) is 2. The minimum Gasteiger partial charge on any atom is -0.355 e. The molecule has 1 aromatic rings. The van der Waals surface area contributed by atoms with Crippen molar-refractivity contribution >= 4 is 23.4 Å². The fourth-order valence-corrected chi connectivity index (χ4v) is 1.74. The number of halogens is 1. The Balaban J connectivity index is 2.73. The standard InChI is InChI=1S/C14H20ClN3O2/c1-9(19)16-5-6-17-13(20)10-7-11(14(2,3)4)18-12(15)8-10/h7-8H,5-6H2,1-4H3,(H,16,19)(H,17,20). The lowest BCUT2D eigenvalue weighted by Crippen LogP contribution is -2.33. The Hall–Kier alpha value is -1.62. The van der Waals surface area contributed by atoms with Gasteiger partial charge in [0.05, 0.1) is 0 Å². The van der Waals surface area contributed by atoms with Gasteiger partial charge in [0.1, 0.15) is 5.15 Å². The molecule has 1 rings (SSSR count). The quantitative estimate of drug-likeness (QED) is 0.658. The number of hydrogen-bond acceptors (Lipinski definition) is 3. The van der Waals surface area contributed by atoms with Crippen LogP contribution in [-0.4, -0.2) is 29.9 Å². The maximum absolute atomic E-state index is 12.0. The van der Waals surface area contributed by atoms with E-state index < -0.39 is 0 Å². The number of rotatable bonds is 4. The summed E-state index contributed by atoms with van der Waals surface area (Å²) in [6.07, 6.45) is 0. The molecular formula is C14H20ClN3O2. The van der Waals surface area contributed by atoms with E-state index in [1.165, 1.54) is 13.0 Å². The molecule has 2 N–H and O–H groups in total. The van der Waals surface area contributed by atoms with E-state index in [9.17, 15) is 9.59 Å². The maximum Gasteiger partial charge on any atom is 0.251 e. The van der Waals surface area contributed by atoms with Crippen molar-refractivity contribution in [3.8, 4) is 0 Å². The van der Waals surface area contributed by atoms with Gasteiger partial charge < -0.3 is 10.6 Å². The van der Waals surface area contributed by atoms with Gasteiger partial charge in [0.15, 0.2) is 0 Å². The molecule has 0 fully saturated rings. The van der Waals surface area contributed by atoms with Crippen LogP contribution in [0.3, 0.4) is 0 Å². The van der Waals surface area contributed by atoms with Crippen molar-refractivity contribution in [2.24, 2.45) is 0 Å². The third kappa shape index (κ3) is 5.17. The zero-order valence-corrected chi connectivity index (χ0v) is 13.0. The largest absolute Gasteiger partial charge is 0.355 e. The summed E-state index contributed by atoms with van der Waals surface area (Å²) in [6.45, 7) is 8.20. The van der Waals surface area contributed by atoms with Gasteiger partial charge in [-0.3, -0.25) is 9.59 Å². The lowest BCUT2D eigenvalue weighted by atomic mass is 9.91. The second-order valence-electron chi connectivity index (χ2n) is 5.55. The molecule has 2 amide bonds. The van der Waals surface area contributed by atoms with Crippen molar-refractivity contribution < 1.29 is 9.59 Å². The summed E-state index contributed by atoms with van der Waals surface area (Å²) in [5.74, 6) is -0.355. The summed E-state index contributed by atoms with van der Waals surface area (Å²) in [5, 5.41) is 5.62. The van der Waals surface area contributed by atoms with Crippen molar-refractivity contribution in [1.29, 1.82) is 0 Å². The Morgan fingerprint density at radius 1 is 1.20 bits per heavy atom. The first-order valence-electron chi connectivity index (χ1n) is 6.41. The molecular weight excluding hydrogens is 278 g/mol. The van der Waals surface area contributed by atoms with Crippen LogP contribution >= 0.6 is 11.6 Å². The second kappa shape index (κ2) is 6.70. The monoisotopic (exact) mass is 297 g/mol. The number of amides is 2. The van der Waals surface area contributed by atoms with Crippen molar-refractivity contribution in [1.82, 2.24) is 15.6 Å². The zero-order valence-electron chi connectivity index (χ0n) is 12.2. The van der Waals surface area contributed by atoms with Gasteiger partial charge in [-0.25, -0.2) is 4.98 Å². The lowest BCUT2D eigenvalue weighted by molar-refractivity contribution is -0.118. The first-order chi connectivity index (χ1) is 9.20. The molecule has 0 spiro atoms. The molecule has 0 saturated heterocycles. The summed E-state index contributed by atoms with van der Waals surface area (Å²) in [6, 6.07) is 3.27. The van der Waals surface area contributed by atoms with Crippen LogP contribution in [0.1, 0.15) is 43.7 Å². The molecule has 20 heavy (non-hydrogen) atoms. The van der Waals surface area contributed by atoms with Crippen molar-refractivity contribution in [3.05, 3.63) is 28.5 Å². The van der Waals surface area contributed by atoms with Crippen LogP contribution < -0.4 is 10.6 Å². The van der Waals surface area contributed by atoms with Gasteiger partial charge in [0.25, 0.3) is 5.91 Å². The predicted octanol–water partition coefficient (Wildman–Crippen LogP) is 1.90. The lowest BCUT2D eigenvalue weighted by Gasteiger charge is -2.18. The van der Waals surface area contributed by atoms with Gasteiger partial charge in [0.2, 0.25) is 5.91 Å². The molecule has 0 radical (unpaired) electrons. The van der Waals surface area contributed by atoms with Crippen LogP contribution in [0, 0.1) is 0 Å². The zero-order chi connectivity index (χ0) is 15.3. The molecule has 6 heteroatoms. The second-order valence-corrected chi connectivity index (χ2v) is 5.94. The highest BCUT2D eigenvalue weighted by Gasteiger charge is 2.18. The molecule has 0 aliphatic carbocycles. The van der Waals surface area contributed by atoms with E-state index in [1.54, 1.807) is 6.07 Å². The number of nitrogens with zero attached hydrogens (tertiary/aromatic N) is 1. The molecule has 1 aromatic heterocycles. The topological polar surface area (TPSA) is 71.1 Å². The molecule has 0 bridgehead atoms. The number of aromatic nitrogens is 1. The molecule has 0 aliphatic rings. The highest BCUT2D eigenvalue weighted by molar-refractivity contribution is 6.29. The molecule has 5 nitrogen and oxygen atoms in total. The normalized spacial score (nSPS) is 11.1. The van der Waals surface area contributed by atoms with E-state index in [1.807, 2.05) is 20.8 Å². The summed E-state index contributed by atoms with van der Waals surface area (Å²) in [7, 11) is 0. The predicted molar refractivity (Wildman–Crippen MR) is 79.0 cm³/mol. The minimum absolute atomic E-state index is 0.124. The van der Waals surface area contributed by atoms with E-state index >= 15 is 0 Å². The SMILES string of the molecule is CC(=O)NCCNC(=O)c1cc(Cl)nc(C(C)(C)C)c1. The average molecular weight is 298 g/mol. The Morgan fingerprint density at radius 3 is 2.35 bits per heavy atom. The van der Waals surface area contributed by atoms with Crippen LogP contribution in [0.4, 0.5) is 0 Å². The van der Waals surface area contributed by atoms with Gasteiger partial charge in [-0.15, -0.1) is 0 Å². The van der Waals surface area contributed by atoms with Crippen LogP contribution in [0.25, 0.3) is 0 Å². The van der Waals surface area contributed by atoms with E-state index in [0.717, 1.165) is 5.69 Å². The Bertz CT molecular complexity index is 510.